The van der Waals surface area contributed by atoms with Crippen molar-refractivity contribution in [3.63, 3.8) is 0 Å². The lowest BCUT2D eigenvalue weighted by Crippen LogP contribution is -2.14. The second kappa shape index (κ2) is 2.95. The van der Waals surface area contributed by atoms with E-state index < -0.39 is 0 Å². The van der Waals surface area contributed by atoms with Crippen LogP contribution in [0.5, 0.6) is 0 Å². The highest BCUT2D eigenvalue weighted by atomic mass is 35.5. The number of hydrogen-bond donors (Lipinski definition) is 1. The van der Waals surface area contributed by atoms with Crippen LogP contribution in [0, 0.1) is 0 Å². The van der Waals surface area contributed by atoms with Gasteiger partial charge >= 0.3 is 0 Å². The smallest absolute Gasteiger partial charge is 0.224 e. The van der Waals surface area contributed by atoms with E-state index in [1.54, 1.807) is 0 Å². The molecule has 0 radical (unpaired) electrons. The number of rotatable bonds is 0. The van der Waals surface area contributed by atoms with Crippen LogP contribution in [0.15, 0.2) is 12.3 Å². The molecule has 0 aliphatic carbocycles. The summed E-state index contributed by atoms with van der Waals surface area (Å²) in [6.45, 7) is 6.33. The third kappa shape index (κ3) is 1.48. The lowest BCUT2D eigenvalue weighted by molar-refractivity contribution is 0.574. The Balaban J connectivity index is 2.80. The molecular weight excluding hydrogens is 198 g/mol. The second-order valence-corrected chi connectivity index (χ2v) is 4.67. The van der Waals surface area contributed by atoms with Gasteiger partial charge in [-0.15, -0.1) is 0 Å². The number of nitrogens with zero attached hydrogens (tertiary/aromatic N) is 2. The first kappa shape index (κ1) is 9.46. The van der Waals surface area contributed by atoms with Gasteiger partial charge in [-0.1, -0.05) is 20.8 Å². The van der Waals surface area contributed by atoms with Crippen molar-refractivity contribution in [3.05, 3.63) is 23.2 Å². The van der Waals surface area contributed by atoms with Gasteiger partial charge in [0.05, 0.1) is 5.69 Å². The van der Waals surface area contributed by atoms with Gasteiger partial charge in [0.2, 0.25) is 5.28 Å². The molecule has 0 amide bonds. The average Bonchev–Trinajstić information content (AvgIpc) is 2.47. The van der Waals surface area contributed by atoms with Gasteiger partial charge in [-0.2, -0.15) is 4.98 Å². The van der Waals surface area contributed by atoms with E-state index in [-0.39, 0.29) is 5.41 Å². The fourth-order valence-electron chi connectivity index (χ4n) is 1.49. The van der Waals surface area contributed by atoms with E-state index >= 15 is 0 Å². The van der Waals surface area contributed by atoms with Gasteiger partial charge in [0.1, 0.15) is 5.65 Å². The molecule has 0 aromatic carbocycles. The normalized spacial score (nSPS) is 12.3. The van der Waals surface area contributed by atoms with E-state index in [1.165, 1.54) is 0 Å². The number of halogens is 1. The van der Waals surface area contributed by atoms with Crippen LogP contribution in [0.2, 0.25) is 5.28 Å². The predicted octanol–water partition coefficient (Wildman–Crippen LogP) is 2.91. The minimum atomic E-state index is -0.0208. The third-order valence-electron chi connectivity index (χ3n) is 2.10. The van der Waals surface area contributed by atoms with E-state index in [0.717, 1.165) is 16.7 Å². The molecule has 1 N–H and O–H groups in total. The zero-order chi connectivity index (χ0) is 10.3. The molecule has 14 heavy (non-hydrogen) atoms. The minimum Gasteiger partial charge on any atom is -0.346 e. The fourth-order valence-corrected chi connectivity index (χ4v) is 1.65. The summed E-state index contributed by atoms with van der Waals surface area (Å²) in [5, 5.41) is 1.34. The first-order chi connectivity index (χ1) is 6.48. The number of hydrogen-bond acceptors (Lipinski definition) is 2. The van der Waals surface area contributed by atoms with Gasteiger partial charge < -0.3 is 4.98 Å². The summed E-state index contributed by atoms with van der Waals surface area (Å²) in [6.07, 6.45) is 1.85. The van der Waals surface area contributed by atoms with Crippen molar-refractivity contribution in [1.29, 1.82) is 0 Å². The van der Waals surface area contributed by atoms with E-state index in [9.17, 15) is 0 Å². The first-order valence-electron chi connectivity index (χ1n) is 4.49. The van der Waals surface area contributed by atoms with Gasteiger partial charge in [-0.05, 0) is 17.7 Å². The van der Waals surface area contributed by atoms with Gasteiger partial charge in [-0.25, -0.2) is 4.98 Å². The maximum atomic E-state index is 5.84. The zero-order valence-corrected chi connectivity index (χ0v) is 9.18. The van der Waals surface area contributed by atoms with Crippen molar-refractivity contribution in [2.75, 3.05) is 0 Å². The molecule has 0 bridgehead atoms. The summed E-state index contributed by atoms with van der Waals surface area (Å²) in [6, 6.07) is 1.98. The molecule has 4 heteroatoms. The maximum Gasteiger partial charge on any atom is 0.224 e. The molecule has 0 unspecified atom stereocenters. The van der Waals surface area contributed by atoms with Crippen LogP contribution < -0.4 is 0 Å². The van der Waals surface area contributed by atoms with Crippen LogP contribution in [0.3, 0.4) is 0 Å². The Morgan fingerprint density at radius 3 is 2.64 bits per heavy atom. The molecule has 74 valence electrons. The Hall–Kier alpha value is -1.09. The average molecular weight is 210 g/mol. The topological polar surface area (TPSA) is 41.6 Å². The number of aromatic nitrogens is 3. The quantitative estimate of drug-likeness (QED) is 0.678. The van der Waals surface area contributed by atoms with Crippen molar-refractivity contribution in [2.24, 2.45) is 0 Å². The molecular formula is C10H12ClN3. The van der Waals surface area contributed by atoms with Crippen molar-refractivity contribution < 1.29 is 0 Å². The van der Waals surface area contributed by atoms with Gasteiger partial charge in [0.25, 0.3) is 0 Å². The Morgan fingerprint density at radius 2 is 2.00 bits per heavy atom. The van der Waals surface area contributed by atoms with E-state index in [2.05, 4.69) is 35.7 Å². The molecule has 0 fully saturated rings. The van der Waals surface area contributed by atoms with Crippen LogP contribution >= 0.6 is 11.6 Å². The molecule has 0 saturated carbocycles. The summed E-state index contributed by atoms with van der Waals surface area (Å²) in [5.41, 5.74) is 1.76. The largest absolute Gasteiger partial charge is 0.346 e. The minimum absolute atomic E-state index is 0.0208. The molecule has 3 nitrogen and oxygen atoms in total. The highest BCUT2D eigenvalue weighted by Crippen LogP contribution is 2.27. The van der Waals surface area contributed by atoms with Crippen LogP contribution in [-0.2, 0) is 5.41 Å². The Labute approximate surface area is 87.5 Å². The predicted molar refractivity (Wildman–Crippen MR) is 57.6 cm³/mol. The second-order valence-electron chi connectivity index (χ2n) is 4.33. The van der Waals surface area contributed by atoms with Crippen molar-refractivity contribution in [1.82, 2.24) is 15.0 Å². The van der Waals surface area contributed by atoms with Gasteiger partial charge in [0.15, 0.2) is 0 Å². The molecule has 2 aromatic heterocycles. The summed E-state index contributed by atoms with van der Waals surface area (Å²) in [4.78, 5) is 11.4. The van der Waals surface area contributed by atoms with Gasteiger partial charge in [-0.3, -0.25) is 0 Å². The standard InChI is InChI=1S/C10H12ClN3/c1-10(2,3)7-6-4-5-12-8(6)14-9(11)13-7/h4-5H,1-3H3,(H,12,13,14). The maximum absolute atomic E-state index is 5.84. The molecule has 2 aromatic rings. The monoisotopic (exact) mass is 209 g/mol. The summed E-state index contributed by atoms with van der Waals surface area (Å²) in [5.74, 6) is 0. The lowest BCUT2D eigenvalue weighted by atomic mass is 9.90. The highest BCUT2D eigenvalue weighted by Gasteiger charge is 2.20. The van der Waals surface area contributed by atoms with Crippen LogP contribution in [0.4, 0.5) is 0 Å². The summed E-state index contributed by atoms with van der Waals surface area (Å²) >= 11 is 5.84. The molecule has 0 aliphatic heterocycles. The van der Waals surface area contributed by atoms with E-state index in [0.29, 0.717) is 5.28 Å². The van der Waals surface area contributed by atoms with Crippen molar-refractivity contribution in [3.8, 4) is 0 Å². The van der Waals surface area contributed by atoms with Crippen LogP contribution in [0.1, 0.15) is 26.5 Å². The van der Waals surface area contributed by atoms with Gasteiger partial charge in [0, 0.05) is 17.0 Å². The van der Waals surface area contributed by atoms with E-state index in [4.69, 9.17) is 11.6 Å². The molecule has 2 heterocycles. The number of nitrogens with one attached hydrogen (secondary N) is 1. The number of aromatic amines is 1. The molecule has 0 spiro atoms. The van der Waals surface area contributed by atoms with Crippen LogP contribution in [0.25, 0.3) is 11.0 Å². The SMILES string of the molecule is CC(C)(C)c1nc(Cl)nc2[nH]ccc12. The molecule has 0 atom stereocenters. The lowest BCUT2D eigenvalue weighted by Gasteiger charge is -2.18. The highest BCUT2D eigenvalue weighted by molar-refractivity contribution is 6.28. The van der Waals surface area contributed by atoms with Crippen molar-refractivity contribution >= 4 is 22.6 Å². The summed E-state index contributed by atoms with van der Waals surface area (Å²) < 4.78 is 0. The summed E-state index contributed by atoms with van der Waals surface area (Å²) in [7, 11) is 0. The Bertz CT molecular complexity index is 468. The molecule has 2 rings (SSSR count). The number of fused-ring (bicyclic) bond motifs is 1. The number of H-pyrrole nitrogens is 1. The fraction of sp³-hybridized carbons (Fsp3) is 0.400. The third-order valence-corrected chi connectivity index (χ3v) is 2.27. The molecule has 0 aliphatic rings. The Morgan fingerprint density at radius 1 is 1.29 bits per heavy atom. The first-order valence-corrected chi connectivity index (χ1v) is 4.87. The van der Waals surface area contributed by atoms with Crippen LogP contribution in [-0.4, -0.2) is 15.0 Å². The van der Waals surface area contributed by atoms with Crippen molar-refractivity contribution in [2.45, 2.75) is 26.2 Å². The van der Waals surface area contributed by atoms with E-state index in [1.807, 2.05) is 12.3 Å². The Kier molecular flexibility index (Phi) is 2.00. The molecule has 0 saturated heterocycles. The zero-order valence-electron chi connectivity index (χ0n) is 8.43.